The molecule has 33 heteroatoms. The molecule has 6 aliphatic heterocycles. The number of hydrogen-bond donors (Lipinski definition) is 3. The first-order chi connectivity index (χ1) is 54.2. The monoisotopic (exact) mass is 1600 g/mol. The second kappa shape index (κ2) is 35.1. The minimum absolute atomic E-state index is 0. The van der Waals surface area contributed by atoms with Gasteiger partial charge in [0, 0.05) is 153 Å². The standard InChI is InChI=1S/3C27H31F3N6O2.CH4/c3*1-17-10-22(28)24(33-26(37)36-5-4-20(16-36)27(2,29)30)13-21(17)18-11-23(19-14-31-34(3)15-19)32-25(12-18)35-6-8-38-9-7-35;/h3*10-15,20H,4-9,16H2,1-3H3,(H,33,37);1H4/t2*20-;;/m10../s1. The van der Waals surface area contributed by atoms with Crippen molar-refractivity contribution in [1.29, 1.82) is 0 Å². The van der Waals surface area contributed by atoms with Gasteiger partial charge in [-0.15, -0.1) is 0 Å². The van der Waals surface area contributed by atoms with E-state index in [-0.39, 0.29) is 83.0 Å². The van der Waals surface area contributed by atoms with E-state index in [1.54, 1.807) is 71.6 Å². The Morgan fingerprint density at radius 2 is 0.635 bits per heavy atom. The highest BCUT2D eigenvalue weighted by Crippen LogP contribution is 2.41. The van der Waals surface area contributed by atoms with E-state index in [1.165, 1.54) is 32.9 Å². The Bertz CT molecular complexity index is 4480. The molecule has 15 rings (SSSR count). The first kappa shape index (κ1) is 83.6. The summed E-state index contributed by atoms with van der Waals surface area (Å²) in [6.45, 7) is 16.1. The SMILES string of the molecule is C.Cc1cc(F)c(NC(=O)N2CCC(C(C)(F)F)C2)cc1-c1cc(-c2cnn(C)c2)nc(N2CCOCC2)c1.Cc1cc(F)c(NC(=O)N2CC[C@@H](C(C)(F)F)C2)cc1-c1cc(-c2cnn(C)c2)nc(N2CCOCC2)c1.Cc1cc(F)c(NC(=O)N2CC[C@H](C(C)(F)F)C2)cc1-c1cc(-c2cnn(C)c2)nc(N2CCOCC2)c1. The zero-order chi connectivity index (χ0) is 81.1. The molecule has 3 N–H and O–H groups in total. The van der Waals surface area contributed by atoms with Crippen molar-refractivity contribution in [3.05, 3.63) is 144 Å². The van der Waals surface area contributed by atoms with E-state index < -0.39 is 71.1 Å². The fourth-order valence-corrected chi connectivity index (χ4v) is 14.9. The van der Waals surface area contributed by atoms with Crippen LogP contribution in [0.1, 0.15) is 64.2 Å². The molecule has 6 aromatic heterocycles. The number of benzene rings is 3. The lowest BCUT2D eigenvalue weighted by molar-refractivity contribution is -0.0344. The summed E-state index contributed by atoms with van der Waals surface area (Å²) in [6.07, 6.45) is 11.5. The number of aromatic nitrogens is 9. The number of alkyl halides is 6. The summed E-state index contributed by atoms with van der Waals surface area (Å²) in [6, 6.07) is 18.7. The molecule has 3 aromatic carbocycles. The van der Waals surface area contributed by atoms with Gasteiger partial charge < -0.3 is 59.6 Å². The molecule has 6 saturated heterocycles. The Labute approximate surface area is 661 Å². The molecule has 3 atom stereocenters. The molecule has 0 saturated carbocycles. The van der Waals surface area contributed by atoms with Crippen LogP contribution < -0.4 is 30.7 Å². The van der Waals surface area contributed by atoms with Gasteiger partial charge in [-0.2, -0.15) is 15.3 Å². The summed E-state index contributed by atoms with van der Waals surface area (Å²) in [5.41, 5.74) is 11.3. The number of nitrogens with one attached hydrogen (secondary N) is 3. The van der Waals surface area contributed by atoms with Crippen molar-refractivity contribution in [2.24, 2.45) is 38.9 Å². The quantitative estimate of drug-likeness (QED) is 0.0811. The molecule has 1 unspecified atom stereocenters. The van der Waals surface area contributed by atoms with Gasteiger partial charge in [0.2, 0.25) is 17.8 Å². The number of likely N-dealkylation sites (tertiary alicyclic amines) is 3. The second-order valence-corrected chi connectivity index (χ2v) is 30.2. The molecule has 6 aliphatic rings. The lowest BCUT2D eigenvalue weighted by atomic mass is 9.98. The zero-order valence-electron chi connectivity index (χ0n) is 65.0. The van der Waals surface area contributed by atoms with Gasteiger partial charge in [-0.1, -0.05) is 7.43 Å². The van der Waals surface area contributed by atoms with Gasteiger partial charge >= 0.3 is 18.1 Å². The van der Waals surface area contributed by atoms with Crippen LogP contribution in [0.2, 0.25) is 0 Å². The van der Waals surface area contributed by atoms with Crippen LogP contribution >= 0.6 is 0 Å². The number of nitrogens with zero attached hydrogens (tertiary/aromatic N) is 15. The summed E-state index contributed by atoms with van der Waals surface area (Å²) in [7, 11) is 5.50. The fraction of sp³-hybridized carbons (Fsp3) is 0.451. The Morgan fingerprint density at radius 1 is 0.383 bits per heavy atom. The number of morpholine rings is 3. The second-order valence-electron chi connectivity index (χ2n) is 30.2. The number of carbonyl (C=O) groups is 3. The number of pyridine rings is 3. The highest BCUT2D eigenvalue weighted by atomic mass is 19.3. The Morgan fingerprint density at radius 3 is 0.852 bits per heavy atom. The maximum absolute atomic E-state index is 15.0. The topological polar surface area (TPSA) is 227 Å². The lowest BCUT2D eigenvalue weighted by Crippen LogP contribution is -2.36. The van der Waals surface area contributed by atoms with Crippen LogP contribution in [-0.4, -0.2) is 213 Å². The van der Waals surface area contributed by atoms with E-state index in [4.69, 9.17) is 29.2 Å². The van der Waals surface area contributed by atoms with Gasteiger partial charge in [-0.3, -0.25) is 14.0 Å². The number of amides is 6. The van der Waals surface area contributed by atoms with Crippen LogP contribution in [-0.2, 0) is 35.4 Å². The average molecular weight is 1600 g/mol. The van der Waals surface area contributed by atoms with Crippen LogP contribution in [0.25, 0.3) is 67.2 Å². The van der Waals surface area contributed by atoms with Crippen LogP contribution in [0.3, 0.4) is 0 Å². The minimum atomic E-state index is -2.87. The molecule has 24 nitrogen and oxygen atoms in total. The summed E-state index contributed by atoms with van der Waals surface area (Å²) in [4.78, 5) is 63.5. The molecule has 12 heterocycles. The Hall–Kier alpha value is -10.8. The molecule has 6 fully saturated rings. The van der Waals surface area contributed by atoms with E-state index in [9.17, 15) is 53.9 Å². The summed E-state index contributed by atoms with van der Waals surface area (Å²) < 4.78 is 149. The van der Waals surface area contributed by atoms with Gasteiger partial charge in [0.05, 0.1) is 92.4 Å². The third-order valence-electron chi connectivity index (χ3n) is 21.6. The number of anilines is 6. The molecule has 0 spiro atoms. The molecular weight excluding hydrogens is 1500 g/mol. The first-order valence-corrected chi connectivity index (χ1v) is 38.0. The van der Waals surface area contributed by atoms with Crippen molar-refractivity contribution in [3.63, 3.8) is 0 Å². The summed E-state index contributed by atoms with van der Waals surface area (Å²) >= 11 is 0. The van der Waals surface area contributed by atoms with Gasteiger partial charge in [0.25, 0.3) is 0 Å². The van der Waals surface area contributed by atoms with E-state index in [0.29, 0.717) is 95.6 Å². The molecule has 0 radical (unpaired) electrons. The predicted molar refractivity (Wildman–Crippen MR) is 423 cm³/mol. The van der Waals surface area contributed by atoms with Crippen molar-refractivity contribution in [2.75, 3.05) is 149 Å². The van der Waals surface area contributed by atoms with Crippen molar-refractivity contribution >= 4 is 52.6 Å². The number of aryl methyl sites for hydroxylation is 6. The number of rotatable bonds is 15. The van der Waals surface area contributed by atoms with E-state index in [0.717, 1.165) is 105 Å². The third kappa shape index (κ3) is 20.1. The van der Waals surface area contributed by atoms with Crippen LogP contribution in [0.4, 0.5) is 88.4 Å². The zero-order valence-corrected chi connectivity index (χ0v) is 65.0. The molecule has 6 amide bonds. The number of hydrogen-bond acceptors (Lipinski definition) is 15. The highest BCUT2D eigenvalue weighted by molar-refractivity contribution is 5.94. The largest absolute Gasteiger partial charge is 0.378 e. The van der Waals surface area contributed by atoms with Crippen molar-refractivity contribution < 1.29 is 68.1 Å². The lowest BCUT2D eigenvalue weighted by Gasteiger charge is -2.28. The van der Waals surface area contributed by atoms with Gasteiger partial charge in [-0.25, -0.2) is 68.8 Å². The van der Waals surface area contributed by atoms with Crippen molar-refractivity contribution in [2.45, 2.75) is 86.0 Å². The van der Waals surface area contributed by atoms with E-state index >= 15 is 0 Å². The van der Waals surface area contributed by atoms with Crippen LogP contribution in [0.5, 0.6) is 0 Å². The highest BCUT2D eigenvalue weighted by Gasteiger charge is 2.43. The number of ether oxygens (including phenoxy) is 3. The van der Waals surface area contributed by atoms with Crippen molar-refractivity contribution in [3.8, 4) is 67.2 Å². The van der Waals surface area contributed by atoms with Crippen LogP contribution in [0, 0.1) is 56.0 Å². The maximum atomic E-state index is 15.0. The van der Waals surface area contributed by atoms with Gasteiger partial charge in [0.15, 0.2) is 0 Å². The smallest absolute Gasteiger partial charge is 0.321 e. The van der Waals surface area contributed by atoms with Gasteiger partial charge in [-0.05, 0) is 184 Å². The molecule has 0 aliphatic carbocycles. The Kier molecular flexibility index (Phi) is 25.5. The minimum Gasteiger partial charge on any atom is -0.378 e. The number of halogens is 9. The number of carbonyl (C=O) groups excluding carboxylic acids is 3. The Balaban J connectivity index is 0.000000159. The van der Waals surface area contributed by atoms with E-state index in [1.807, 2.05) is 76.1 Å². The fourth-order valence-electron chi connectivity index (χ4n) is 14.9. The molecule has 9 aromatic rings. The predicted octanol–water partition coefficient (Wildman–Crippen LogP) is 15.5. The third-order valence-corrected chi connectivity index (χ3v) is 21.6. The molecule has 0 bridgehead atoms. The molecule has 115 heavy (non-hydrogen) atoms. The van der Waals surface area contributed by atoms with Crippen LogP contribution in [0.15, 0.2) is 110 Å². The first-order valence-electron chi connectivity index (χ1n) is 38.0. The molecular formula is C82H97F9N18O6. The average Bonchev–Trinajstić information content (AvgIpc) is 1.67. The normalized spacial score (nSPS) is 18.1. The van der Waals surface area contributed by atoms with Crippen molar-refractivity contribution in [1.82, 2.24) is 59.0 Å². The van der Waals surface area contributed by atoms with E-state index in [2.05, 4.69) is 45.9 Å². The molecule has 614 valence electrons. The summed E-state index contributed by atoms with van der Waals surface area (Å²) in [5.74, 6) is -10.8. The maximum Gasteiger partial charge on any atom is 0.321 e. The number of urea groups is 3. The van der Waals surface area contributed by atoms with Gasteiger partial charge in [0.1, 0.15) is 34.9 Å². The summed E-state index contributed by atoms with van der Waals surface area (Å²) in [5, 5.41) is 20.6.